The lowest BCUT2D eigenvalue weighted by molar-refractivity contribution is -0.385. The number of nitrogens with one attached hydrogen (secondary N) is 1. The number of carbonyl (C=O) groups is 2. The number of piperazine rings is 1. The molecule has 2 amide bonds. The van der Waals surface area contributed by atoms with Crippen LogP contribution in [0.4, 0.5) is 11.4 Å². The lowest BCUT2D eigenvalue weighted by atomic mass is 9.99. The number of amides is 2. The van der Waals surface area contributed by atoms with Crippen LogP contribution in [0, 0.1) is 10.1 Å². The van der Waals surface area contributed by atoms with Crippen molar-refractivity contribution in [1.29, 1.82) is 0 Å². The van der Waals surface area contributed by atoms with Gasteiger partial charge in [-0.15, -0.1) is 0 Å². The number of carbonyl (C=O) groups excluding carboxylic acids is 2. The number of benzene rings is 2. The Morgan fingerprint density at radius 3 is 2.29 bits per heavy atom. The number of hydrogen-bond donors (Lipinski definition) is 1. The Morgan fingerprint density at radius 1 is 1.00 bits per heavy atom. The van der Waals surface area contributed by atoms with E-state index >= 15 is 0 Å². The number of nitro groups is 1. The predicted octanol–water partition coefficient (Wildman–Crippen LogP) is 4.18. The van der Waals surface area contributed by atoms with E-state index in [0.717, 1.165) is 5.56 Å². The van der Waals surface area contributed by atoms with Crippen molar-refractivity contribution in [2.24, 2.45) is 0 Å². The average molecular weight is 521 g/mol. The molecule has 1 N–H and O–H groups in total. The molecule has 0 spiro atoms. The molecule has 0 unspecified atom stereocenters. The quantitative estimate of drug-likeness (QED) is 0.363. The fraction of sp³-hybridized carbons (Fsp3) is 0.333. The first-order chi connectivity index (χ1) is 18.3. The van der Waals surface area contributed by atoms with Crippen LogP contribution < -0.4 is 14.8 Å². The summed E-state index contributed by atoms with van der Waals surface area (Å²) in [5.41, 5.74) is 1.67. The third-order valence-corrected chi connectivity index (χ3v) is 6.80. The normalized spacial score (nSPS) is 15.9. The molecule has 0 radical (unpaired) electrons. The summed E-state index contributed by atoms with van der Waals surface area (Å²) >= 11 is 0. The molecule has 2 aliphatic heterocycles. The lowest BCUT2D eigenvalue weighted by Crippen LogP contribution is -2.51. The lowest BCUT2D eigenvalue weighted by Gasteiger charge is -2.38. The first-order valence-corrected chi connectivity index (χ1v) is 12.4. The van der Waals surface area contributed by atoms with E-state index in [1.807, 2.05) is 29.2 Å². The second kappa shape index (κ2) is 10.5. The van der Waals surface area contributed by atoms with Gasteiger partial charge >= 0.3 is 0 Å². The van der Waals surface area contributed by atoms with Crippen LogP contribution in [0.25, 0.3) is 0 Å². The van der Waals surface area contributed by atoms with Gasteiger partial charge in [-0.2, -0.15) is 0 Å². The summed E-state index contributed by atoms with van der Waals surface area (Å²) in [4.78, 5) is 41.5. The molecule has 3 heterocycles. The summed E-state index contributed by atoms with van der Waals surface area (Å²) in [5.74, 6) is 0.520. The Balaban J connectivity index is 1.44. The maximum atomic E-state index is 13.8. The summed E-state index contributed by atoms with van der Waals surface area (Å²) in [6.45, 7) is 5.40. The number of nitrogens with zero attached hydrogens (tertiary/aromatic N) is 3. The van der Waals surface area contributed by atoms with Gasteiger partial charge in [-0.05, 0) is 41.8 Å². The minimum atomic E-state index is -1.00. The van der Waals surface area contributed by atoms with Crippen LogP contribution in [0.1, 0.15) is 47.5 Å². The average Bonchev–Trinajstić information content (AvgIpc) is 3.61. The molecule has 5 rings (SSSR count). The zero-order valence-electron chi connectivity index (χ0n) is 21.1. The fourth-order valence-electron chi connectivity index (χ4n) is 4.73. The van der Waals surface area contributed by atoms with E-state index in [1.54, 1.807) is 17.0 Å². The van der Waals surface area contributed by atoms with Gasteiger partial charge < -0.3 is 24.1 Å². The van der Waals surface area contributed by atoms with Gasteiger partial charge in [-0.1, -0.05) is 26.0 Å². The van der Waals surface area contributed by atoms with E-state index in [9.17, 15) is 19.7 Å². The van der Waals surface area contributed by atoms with Gasteiger partial charge in [-0.25, -0.2) is 0 Å². The van der Waals surface area contributed by atoms with Gasteiger partial charge in [0.2, 0.25) is 12.7 Å². The standard InChI is InChI=1S/C27H28N4O7/c1-17(2)18-5-7-19(8-6-18)28-26(32)25(20-14-23-24(38-16-37-23)15-21(20)31(34)35)29-9-11-30(12-10-29)27(33)22-4-3-13-36-22/h3-8,13-15,17,25H,9-12,16H2,1-2H3,(H,28,32)/t25-/m1/s1. The SMILES string of the molecule is CC(C)c1ccc(NC(=O)[C@@H](c2cc3c(cc2[N+](=O)[O-])OCO3)N2CCN(C(=O)c3ccco3)CC2)cc1. The molecule has 1 fully saturated rings. The Morgan fingerprint density at radius 2 is 1.68 bits per heavy atom. The van der Waals surface area contributed by atoms with Gasteiger partial charge in [-0.3, -0.25) is 24.6 Å². The van der Waals surface area contributed by atoms with Crippen LogP contribution in [0.15, 0.2) is 59.2 Å². The van der Waals surface area contributed by atoms with Crippen molar-refractivity contribution >= 4 is 23.2 Å². The summed E-state index contributed by atoms with van der Waals surface area (Å²) in [7, 11) is 0. The molecule has 1 aromatic heterocycles. The minimum absolute atomic E-state index is 0.0530. The molecule has 1 saturated heterocycles. The van der Waals surface area contributed by atoms with Gasteiger partial charge in [0.25, 0.3) is 11.6 Å². The van der Waals surface area contributed by atoms with Crippen molar-refractivity contribution in [2.45, 2.75) is 25.8 Å². The highest BCUT2D eigenvalue weighted by Crippen LogP contribution is 2.42. The van der Waals surface area contributed by atoms with Crippen LogP contribution in [-0.2, 0) is 4.79 Å². The smallest absolute Gasteiger partial charge is 0.289 e. The molecule has 198 valence electrons. The van der Waals surface area contributed by atoms with Crippen LogP contribution in [0.5, 0.6) is 11.5 Å². The summed E-state index contributed by atoms with van der Waals surface area (Å²) in [6.07, 6.45) is 1.44. The number of fused-ring (bicyclic) bond motifs is 1. The van der Waals surface area contributed by atoms with Gasteiger partial charge in [0, 0.05) is 31.9 Å². The molecule has 2 aromatic carbocycles. The Hall–Kier alpha value is -4.38. The summed E-state index contributed by atoms with van der Waals surface area (Å²) in [5, 5.41) is 15.0. The molecular weight excluding hydrogens is 492 g/mol. The number of hydrogen-bond acceptors (Lipinski definition) is 8. The van der Waals surface area contributed by atoms with E-state index in [0.29, 0.717) is 43.5 Å². The van der Waals surface area contributed by atoms with E-state index in [-0.39, 0.29) is 35.5 Å². The molecule has 38 heavy (non-hydrogen) atoms. The number of nitro benzene ring substituents is 1. The molecule has 0 aliphatic carbocycles. The van der Waals surface area contributed by atoms with Crippen molar-refractivity contribution in [1.82, 2.24) is 9.80 Å². The molecule has 3 aromatic rings. The first kappa shape index (κ1) is 25.3. The van der Waals surface area contributed by atoms with Gasteiger partial charge in [0.05, 0.1) is 22.8 Å². The Kier molecular flexibility index (Phi) is 7.01. The Bertz CT molecular complexity index is 1330. The zero-order chi connectivity index (χ0) is 26.8. The highest BCUT2D eigenvalue weighted by molar-refractivity contribution is 5.96. The predicted molar refractivity (Wildman–Crippen MR) is 137 cm³/mol. The van der Waals surface area contributed by atoms with Crippen molar-refractivity contribution < 1.29 is 28.4 Å². The maximum Gasteiger partial charge on any atom is 0.289 e. The van der Waals surface area contributed by atoms with E-state index in [4.69, 9.17) is 13.9 Å². The summed E-state index contributed by atoms with van der Waals surface area (Å²) < 4.78 is 16.0. The third kappa shape index (κ3) is 5.05. The largest absolute Gasteiger partial charge is 0.459 e. The number of rotatable bonds is 7. The maximum absolute atomic E-state index is 13.8. The minimum Gasteiger partial charge on any atom is -0.459 e. The van der Waals surface area contributed by atoms with Crippen LogP contribution in [-0.4, -0.2) is 59.5 Å². The fourth-order valence-corrected chi connectivity index (χ4v) is 4.73. The second-order valence-corrected chi connectivity index (χ2v) is 9.50. The molecular formula is C27H28N4O7. The summed E-state index contributed by atoms with van der Waals surface area (Å²) in [6, 6.07) is 12.6. The number of anilines is 1. The highest BCUT2D eigenvalue weighted by Gasteiger charge is 2.38. The molecule has 11 nitrogen and oxygen atoms in total. The highest BCUT2D eigenvalue weighted by atomic mass is 16.7. The van der Waals surface area contributed by atoms with Gasteiger partial charge in [0.15, 0.2) is 17.3 Å². The van der Waals surface area contributed by atoms with E-state index in [1.165, 1.54) is 18.4 Å². The Labute approximate surface area is 219 Å². The first-order valence-electron chi connectivity index (χ1n) is 12.4. The van der Waals surface area contributed by atoms with Crippen molar-refractivity contribution in [3.63, 3.8) is 0 Å². The number of ether oxygens (including phenoxy) is 2. The molecule has 0 bridgehead atoms. The zero-order valence-corrected chi connectivity index (χ0v) is 21.1. The topological polar surface area (TPSA) is 127 Å². The van der Waals surface area contributed by atoms with Crippen LogP contribution in [0.3, 0.4) is 0 Å². The third-order valence-electron chi connectivity index (χ3n) is 6.80. The van der Waals surface area contributed by atoms with Crippen molar-refractivity contribution in [3.05, 3.63) is 81.8 Å². The molecule has 2 aliphatic rings. The van der Waals surface area contributed by atoms with E-state index in [2.05, 4.69) is 19.2 Å². The monoisotopic (exact) mass is 520 g/mol. The van der Waals surface area contributed by atoms with E-state index < -0.39 is 16.9 Å². The van der Waals surface area contributed by atoms with Crippen molar-refractivity contribution in [3.8, 4) is 11.5 Å². The van der Waals surface area contributed by atoms with Crippen LogP contribution in [0.2, 0.25) is 0 Å². The number of furan rings is 1. The van der Waals surface area contributed by atoms with Crippen molar-refractivity contribution in [2.75, 3.05) is 38.3 Å². The van der Waals surface area contributed by atoms with Crippen LogP contribution >= 0.6 is 0 Å². The molecule has 1 atom stereocenters. The molecule has 11 heteroatoms. The second-order valence-electron chi connectivity index (χ2n) is 9.50. The molecule has 0 saturated carbocycles. The van der Waals surface area contributed by atoms with Gasteiger partial charge in [0.1, 0.15) is 6.04 Å².